The third kappa shape index (κ3) is 3.91. The van der Waals surface area contributed by atoms with Crippen molar-refractivity contribution in [3.05, 3.63) is 29.0 Å². The predicted molar refractivity (Wildman–Crippen MR) is 74.9 cm³/mol. The maximum Gasteiger partial charge on any atom is 0.238 e. The molecule has 0 saturated carbocycles. The molecule has 0 radical (unpaired) electrons. The number of hydrogen-bond acceptors (Lipinski definition) is 2. The standard InChI is InChI=1S/C14H18ClFN2O/c1-10-4-2-3-7-18(10)9-14(19)17-13-8-11(15)5-6-12(13)16/h5-6,8,10H,2-4,7,9H2,1H3,(H,17,19)/t10-/m1/s1. The number of nitrogens with one attached hydrogen (secondary N) is 1. The number of nitrogens with zero attached hydrogens (tertiary/aromatic N) is 1. The van der Waals surface area contributed by atoms with Gasteiger partial charge in [-0.1, -0.05) is 18.0 Å². The Labute approximate surface area is 117 Å². The monoisotopic (exact) mass is 284 g/mol. The highest BCUT2D eigenvalue weighted by Crippen LogP contribution is 2.20. The first-order chi connectivity index (χ1) is 9.06. The van der Waals surface area contributed by atoms with Crippen LogP contribution in [0.4, 0.5) is 10.1 Å². The van der Waals surface area contributed by atoms with Crippen molar-refractivity contribution in [2.45, 2.75) is 32.2 Å². The Bertz CT molecular complexity index is 467. The van der Waals surface area contributed by atoms with Crippen LogP contribution >= 0.6 is 11.6 Å². The van der Waals surface area contributed by atoms with Gasteiger partial charge in [-0.25, -0.2) is 4.39 Å². The van der Waals surface area contributed by atoms with Gasteiger partial charge in [0.15, 0.2) is 0 Å². The average molecular weight is 285 g/mol. The first-order valence-corrected chi connectivity index (χ1v) is 6.93. The van der Waals surface area contributed by atoms with E-state index in [9.17, 15) is 9.18 Å². The van der Waals surface area contributed by atoms with E-state index in [2.05, 4.69) is 17.1 Å². The Morgan fingerprint density at radius 3 is 3.05 bits per heavy atom. The Morgan fingerprint density at radius 1 is 1.53 bits per heavy atom. The normalized spacial score (nSPS) is 20.3. The number of amides is 1. The molecule has 1 heterocycles. The third-order valence-electron chi connectivity index (χ3n) is 3.49. The minimum Gasteiger partial charge on any atom is -0.322 e. The van der Waals surface area contributed by atoms with Crippen LogP contribution in [0.3, 0.4) is 0 Å². The van der Waals surface area contributed by atoms with Crippen molar-refractivity contribution in [1.82, 2.24) is 4.90 Å². The van der Waals surface area contributed by atoms with Crippen molar-refractivity contribution in [1.29, 1.82) is 0 Å². The number of carbonyl (C=O) groups excluding carboxylic acids is 1. The summed E-state index contributed by atoms with van der Waals surface area (Å²) in [6.07, 6.45) is 3.43. The minimum atomic E-state index is -0.468. The summed E-state index contributed by atoms with van der Waals surface area (Å²) in [4.78, 5) is 14.1. The van der Waals surface area contributed by atoms with E-state index in [0.29, 0.717) is 17.6 Å². The van der Waals surface area contributed by atoms with Gasteiger partial charge in [0.25, 0.3) is 0 Å². The number of halogens is 2. The summed E-state index contributed by atoms with van der Waals surface area (Å²) in [5.41, 5.74) is 0.141. The summed E-state index contributed by atoms with van der Waals surface area (Å²) >= 11 is 5.79. The molecule has 0 spiro atoms. The van der Waals surface area contributed by atoms with Crippen molar-refractivity contribution < 1.29 is 9.18 Å². The van der Waals surface area contributed by atoms with Crippen LogP contribution in [0, 0.1) is 5.82 Å². The van der Waals surface area contributed by atoms with Crippen molar-refractivity contribution in [2.75, 3.05) is 18.4 Å². The molecule has 1 saturated heterocycles. The number of carbonyl (C=O) groups is 1. The second-order valence-corrected chi connectivity index (χ2v) is 5.42. The highest BCUT2D eigenvalue weighted by Gasteiger charge is 2.20. The number of rotatable bonds is 3. The highest BCUT2D eigenvalue weighted by molar-refractivity contribution is 6.30. The second kappa shape index (κ2) is 6.35. The van der Waals surface area contributed by atoms with Crippen molar-refractivity contribution >= 4 is 23.2 Å². The van der Waals surface area contributed by atoms with Gasteiger partial charge in [0.1, 0.15) is 5.82 Å². The van der Waals surface area contributed by atoms with Crippen molar-refractivity contribution in [3.63, 3.8) is 0 Å². The first-order valence-electron chi connectivity index (χ1n) is 6.55. The quantitative estimate of drug-likeness (QED) is 0.924. The predicted octanol–water partition coefficient (Wildman–Crippen LogP) is 3.29. The van der Waals surface area contributed by atoms with E-state index in [1.165, 1.54) is 24.6 Å². The van der Waals surface area contributed by atoms with E-state index in [4.69, 9.17) is 11.6 Å². The van der Waals surface area contributed by atoms with E-state index in [1.807, 2.05) is 0 Å². The molecule has 104 valence electrons. The summed E-state index contributed by atoms with van der Waals surface area (Å²) in [6, 6.07) is 4.54. The molecule has 0 bridgehead atoms. The molecule has 0 aliphatic carbocycles. The maximum atomic E-state index is 13.5. The molecule has 1 amide bonds. The van der Waals surface area contributed by atoms with Gasteiger partial charge in [0.2, 0.25) is 5.91 Å². The summed E-state index contributed by atoms with van der Waals surface area (Å²) in [6.45, 7) is 3.34. The molecule has 1 aliphatic rings. The van der Waals surface area contributed by atoms with Gasteiger partial charge in [-0.15, -0.1) is 0 Å². The molecule has 1 aliphatic heterocycles. The lowest BCUT2D eigenvalue weighted by Gasteiger charge is -2.32. The average Bonchev–Trinajstić information content (AvgIpc) is 2.37. The van der Waals surface area contributed by atoms with Crippen LogP contribution in [0.5, 0.6) is 0 Å². The van der Waals surface area contributed by atoms with Crippen LogP contribution in [0.15, 0.2) is 18.2 Å². The zero-order valence-electron chi connectivity index (χ0n) is 11.0. The molecule has 2 rings (SSSR count). The van der Waals surface area contributed by atoms with Gasteiger partial charge in [0.05, 0.1) is 12.2 Å². The summed E-state index contributed by atoms with van der Waals surface area (Å²) in [5, 5.41) is 2.98. The van der Waals surface area contributed by atoms with Crippen LogP contribution in [-0.4, -0.2) is 29.9 Å². The summed E-state index contributed by atoms with van der Waals surface area (Å²) in [7, 11) is 0. The van der Waals surface area contributed by atoms with E-state index in [0.717, 1.165) is 19.4 Å². The van der Waals surface area contributed by atoms with E-state index < -0.39 is 5.82 Å². The molecule has 5 heteroatoms. The topological polar surface area (TPSA) is 32.3 Å². The van der Waals surface area contributed by atoms with E-state index in [1.54, 1.807) is 0 Å². The fraction of sp³-hybridized carbons (Fsp3) is 0.500. The van der Waals surface area contributed by atoms with Gasteiger partial charge in [0, 0.05) is 11.1 Å². The molecule has 1 atom stereocenters. The van der Waals surface area contributed by atoms with Crippen LogP contribution in [0.25, 0.3) is 0 Å². The van der Waals surface area contributed by atoms with Gasteiger partial charge in [-0.05, 0) is 44.5 Å². The second-order valence-electron chi connectivity index (χ2n) is 4.99. The van der Waals surface area contributed by atoms with E-state index in [-0.39, 0.29) is 11.6 Å². The number of hydrogen-bond donors (Lipinski definition) is 1. The smallest absolute Gasteiger partial charge is 0.238 e. The first kappa shape index (κ1) is 14.3. The van der Waals surface area contributed by atoms with Gasteiger partial charge < -0.3 is 5.32 Å². The molecule has 1 fully saturated rings. The van der Waals surface area contributed by atoms with Crippen molar-refractivity contribution in [2.24, 2.45) is 0 Å². The van der Waals surface area contributed by atoms with Crippen molar-refractivity contribution in [3.8, 4) is 0 Å². The molecule has 0 unspecified atom stereocenters. The Hall–Kier alpha value is -1.13. The Morgan fingerprint density at radius 2 is 2.32 bits per heavy atom. The lowest BCUT2D eigenvalue weighted by atomic mass is 10.0. The zero-order valence-corrected chi connectivity index (χ0v) is 11.7. The van der Waals surface area contributed by atoms with Crippen LogP contribution < -0.4 is 5.32 Å². The summed E-state index contributed by atoms with van der Waals surface area (Å²) < 4.78 is 13.5. The van der Waals surface area contributed by atoms with Crippen LogP contribution in [-0.2, 0) is 4.79 Å². The molecular weight excluding hydrogens is 267 g/mol. The zero-order chi connectivity index (χ0) is 13.8. The molecule has 1 N–H and O–H groups in total. The van der Waals surface area contributed by atoms with Crippen LogP contribution in [0.2, 0.25) is 5.02 Å². The molecule has 1 aromatic carbocycles. The number of piperidine rings is 1. The fourth-order valence-electron chi connectivity index (χ4n) is 2.36. The summed E-state index contributed by atoms with van der Waals surface area (Å²) in [5.74, 6) is -0.667. The van der Waals surface area contributed by atoms with Gasteiger partial charge in [-0.3, -0.25) is 9.69 Å². The number of likely N-dealkylation sites (tertiary alicyclic amines) is 1. The minimum absolute atomic E-state index is 0.141. The molecule has 1 aromatic rings. The molecule has 19 heavy (non-hydrogen) atoms. The molecule has 3 nitrogen and oxygen atoms in total. The van der Waals surface area contributed by atoms with Gasteiger partial charge >= 0.3 is 0 Å². The van der Waals surface area contributed by atoms with Crippen LogP contribution in [0.1, 0.15) is 26.2 Å². The number of benzene rings is 1. The third-order valence-corrected chi connectivity index (χ3v) is 3.72. The molecular formula is C14H18ClFN2O. The highest BCUT2D eigenvalue weighted by atomic mass is 35.5. The Balaban J connectivity index is 1.95. The van der Waals surface area contributed by atoms with Gasteiger partial charge in [-0.2, -0.15) is 0 Å². The maximum absolute atomic E-state index is 13.5. The lowest BCUT2D eigenvalue weighted by molar-refractivity contribution is -0.118. The largest absolute Gasteiger partial charge is 0.322 e. The van der Waals surface area contributed by atoms with E-state index >= 15 is 0 Å². The SMILES string of the molecule is C[C@@H]1CCCCN1CC(=O)Nc1cc(Cl)ccc1F. The molecule has 0 aromatic heterocycles. The Kier molecular flexibility index (Phi) is 4.77. The number of anilines is 1. The fourth-order valence-corrected chi connectivity index (χ4v) is 2.53. The lowest BCUT2D eigenvalue weighted by Crippen LogP contribution is -2.42.